The Balaban J connectivity index is 1.80. The number of hydrogen-bond acceptors (Lipinski definition) is 5. The molecule has 0 aliphatic carbocycles. The van der Waals surface area contributed by atoms with Crippen molar-refractivity contribution in [1.29, 1.82) is 0 Å². The molecule has 2 aromatic rings. The Bertz CT molecular complexity index is 1060. The van der Waals surface area contributed by atoms with Crippen molar-refractivity contribution < 1.29 is 31.5 Å². The maximum atomic E-state index is 13.0. The third-order valence-corrected chi connectivity index (χ3v) is 7.53. The van der Waals surface area contributed by atoms with Gasteiger partial charge in [0.15, 0.2) is 11.5 Å². The van der Waals surface area contributed by atoms with Crippen molar-refractivity contribution in [1.82, 2.24) is 9.21 Å². The molecule has 1 aliphatic heterocycles. The summed E-state index contributed by atoms with van der Waals surface area (Å²) in [7, 11) is -2.72. The predicted molar refractivity (Wildman–Crippen MR) is 111 cm³/mol. The second kappa shape index (κ2) is 9.56. The van der Waals surface area contributed by atoms with Crippen molar-refractivity contribution in [2.75, 3.05) is 33.3 Å². The van der Waals surface area contributed by atoms with Crippen LogP contribution in [0.2, 0.25) is 10.0 Å². The van der Waals surface area contributed by atoms with Gasteiger partial charge in [0.05, 0.1) is 22.7 Å². The SMILES string of the molecule is COc1cccc(C(=O)N2CCN(S(=O)(=O)c3c(Cl)cccc3Cl)CC2)c1OC(F)F. The second-order valence-electron chi connectivity index (χ2n) is 6.46. The molecule has 1 amide bonds. The van der Waals surface area contributed by atoms with E-state index in [9.17, 15) is 22.0 Å². The number of carbonyl (C=O) groups is 1. The highest BCUT2D eigenvalue weighted by atomic mass is 35.5. The van der Waals surface area contributed by atoms with Crippen molar-refractivity contribution in [2.45, 2.75) is 11.5 Å². The average molecular weight is 495 g/mol. The van der Waals surface area contributed by atoms with E-state index < -0.39 is 22.5 Å². The van der Waals surface area contributed by atoms with Gasteiger partial charge in [0, 0.05) is 26.2 Å². The number of methoxy groups -OCH3 is 1. The van der Waals surface area contributed by atoms with E-state index in [1.165, 1.54) is 52.7 Å². The van der Waals surface area contributed by atoms with Crippen molar-refractivity contribution in [3.8, 4) is 11.5 Å². The lowest BCUT2D eigenvalue weighted by Gasteiger charge is -2.34. The molecule has 1 heterocycles. The molecule has 12 heteroatoms. The van der Waals surface area contributed by atoms with Crippen LogP contribution in [0, 0.1) is 0 Å². The highest BCUT2D eigenvalue weighted by Gasteiger charge is 2.34. The first kappa shape index (κ1) is 23.5. The number of halogens is 4. The first-order valence-electron chi connectivity index (χ1n) is 9.02. The lowest BCUT2D eigenvalue weighted by molar-refractivity contribution is -0.0516. The number of piperazine rings is 1. The molecular formula is C19H18Cl2F2N2O5S. The van der Waals surface area contributed by atoms with Gasteiger partial charge < -0.3 is 14.4 Å². The smallest absolute Gasteiger partial charge is 0.387 e. The van der Waals surface area contributed by atoms with Gasteiger partial charge in [-0.2, -0.15) is 13.1 Å². The Hall–Kier alpha value is -2.14. The average Bonchev–Trinajstić information content (AvgIpc) is 2.73. The molecule has 3 rings (SSSR count). The monoisotopic (exact) mass is 494 g/mol. The van der Waals surface area contributed by atoms with E-state index in [0.717, 1.165) is 0 Å². The predicted octanol–water partition coefficient (Wildman–Crippen LogP) is 3.75. The van der Waals surface area contributed by atoms with E-state index in [-0.39, 0.29) is 58.2 Å². The van der Waals surface area contributed by atoms with Crippen molar-refractivity contribution >= 4 is 39.1 Å². The van der Waals surface area contributed by atoms with Gasteiger partial charge in [-0.25, -0.2) is 8.42 Å². The zero-order valence-corrected chi connectivity index (χ0v) is 18.6. The first-order valence-corrected chi connectivity index (χ1v) is 11.2. The van der Waals surface area contributed by atoms with E-state index in [1.807, 2.05) is 0 Å². The summed E-state index contributed by atoms with van der Waals surface area (Å²) in [4.78, 5) is 14.1. The van der Waals surface area contributed by atoms with Crippen LogP contribution in [0.5, 0.6) is 11.5 Å². The van der Waals surface area contributed by atoms with Gasteiger partial charge in [-0.15, -0.1) is 0 Å². The van der Waals surface area contributed by atoms with Crippen LogP contribution in [0.1, 0.15) is 10.4 Å². The van der Waals surface area contributed by atoms with E-state index in [4.69, 9.17) is 27.9 Å². The number of benzene rings is 2. The third-order valence-electron chi connectivity index (χ3n) is 4.68. The van der Waals surface area contributed by atoms with Crippen LogP contribution in [0.3, 0.4) is 0 Å². The summed E-state index contributed by atoms with van der Waals surface area (Å²) in [5.41, 5.74) is -0.106. The van der Waals surface area contributed by atoms with E-state index >= 15 is 0 Å². The summed E-state index contributed by atoms with van der Waals surface area (Å²) in [6.45, 7) is -3.13. The number of alkyl halides is 2. The summed E-state index contributed by atoms with van der Waals surface area (Å²) >= 11 is 12.1. The number of hydrogen-bond donors (Lipinski definition) is 0. The van der Waals surface area contributed by atoms with Gasteiger partial charge in [0.1, 0.15) is 4.90 Å². The van der Waals surface area contributed by atoms with Gasteiger partial charge in [0.2, 0.25) is 10.0 Å². The lowest BCUT2D eigenvalue weighted by atomic mass is 10.1. The standard InChI is InChI=1S/C19H18Cl2F2N2O5S/c1-29-15-7-2-4-12(16(15)30-19(22)23)18(26)24-8-10-25(11-9-24)31(27,28)17-13(20)5-3-6-14(17)21/h2-7,19H,8-11H2,1H3. The maximum Gasteiger partial charge on any atom is 0.387 e. The number of ether oxygens (including phenoxy) is 2. The first-order chi connectivity index (χ1) is 14.7. The van der Waals surface area contributed by atoms with E-state index in [1.54, 1.807) is 0 Å². The molecule has 0 spiro atoms. The second-order valence-corrected chi connectivity index (χ2v) is 9.15. The zero-order valence-electron chi connectivity index (χ0n) is 16.2. The van der Waals surface area contributed by atoms with Crippen molar-refractivity contribution in [3.63, 3.8) is 0 Å². The summed E-state index contributed by atoms with van der Waals surface area (Å²) in [6.07, 6.45) is 0. The number of carbonyl (C=O) groups excluding carboxylic acids is 1. The number of nitrogens with zero attached hydrogens (tertiary/aromatic N) is 2. The van der Waals surface area contributed by atoms with Crippen LogP contribution in [0.15, 0.2) is 41.3 Å². The van der Waals surface area contributed by atoms with Crippen LogP contribution >= 0.6 is 23.2 Å². The molecular weight excluding hydrogens is 477 g/mol. The lowest BCUT2D eigenvalue weighted by Crippen LogP contribution is -2.50. The van der Waals surface area contributed by atoms with Crippen LogP contribution < -0.4 is 9.47 Å². The molecule has 168 valence electrons. The molecule has 1 saturated heterocycles. The number of para-hydroxylation sites is 1. The van der Waals surface area contributed by atoms with Gasteiger partial charge in [0.25, 0.3) is 5.91 Å². The fourth-order valence-corrected chi connectivity index (χ4v) is 5.73. The van der Waals surface area contributed by atoms with Crippen molar-refractivity contribution in [3.05, 3.63) is 52.0 Å². The summed E-state index contributed by atoms with van der Waals surface area (Å²) < 4.78 is 62.3. The number of sulfonamides is 1. The highest BCUT2D eigenvalue weighted by Crippen LogP contribution is 2.34. The van der Waals surface area contributed by atoms with Crippen LogP contribution in [0.4, 0.5) is 8.78 Å². The van der Waals surface area contributed by atoms with Crippen molar-refractivity contribution in [2.24, 2.45) is 0 Å². The molecule has 0 unspecified atom stereocenters. The minimum atomic E-state index is -3.98. The molecule has 1 fully saturated rings. The molecule has 1 aliphatic rings. The zero-order chi connectivity index (χ0) is 22.8. The molecule has 31 heavy (non-hydrogen) atoms. The van der Waals surface area contributed by atoms with Crippen LogP contribution in [0.25, 0.3) is 0 Å². The van der Waals surface area contributed by atoms with Crippen LogP contribution in [-0.2, 0) is 10.0 Å². The highest BCUT2D eigenvalue weighted by molar-refractivity contribution is 7.89. The quantitative estimate of drug-likeness (QED) is 0.611. The Labute approximate surface area is 188 Å². The normalized spacial score (nSPS) is 15.2. The Morgan fingerprint density at radius 2 is 1.61 bits per heavy atom. The Morgan fingerprint density at radius 1 is 1.03 bits per heavy atom. The number of rotatable bonds is 6. The minimum absolute atomic E-state index is 0.00354. The number of amides is 1. The Morgan fingerprint density at radius 3 is 2.16 bits per heavy atom. The fourth-order valence-electron chi connectivity index (χ4n) is 3.22. The largest absolute Gasteiger partial charge is 0.493 e. The van der Waals surface area contributed by atoms with Gasteiger partial charge in [-0.1, -0.05) is 35.3 Å². The van der Waals surface area contributed by atoms with Gasteiger partial charge in [-0.05, 0) is 24.3 Å². The summed E-state index contributed by atoms with van der Waals surface area (Å²) in [5.74, 6) is -0.967. The summed E-state index contributed by atoms with van der Waals surface area (Å²) in [6, 6.07) is 8.60. The molecule has 7 nitrogen and oxygen atoms in total. The van der Waals surface area contributed by atoms with Crippen LogP contribution in [-0.4, -0.2) is 63.4 Å². The minimum Gasteiger partial charge on any atom is -0.493 e. The van der Waals surface area contributed by atoms with E-state index in [0.29, 0.717) is 0 Å². The van der Waals surface area contributed by atoms with E-state index in [2.05, 4.69) is 4.74 Å². The summed E-state index contributed by atoms with van der Waals surface area (Å²) in [5, 5.41) is -0.00708. The van der Waals surface area contributed by atoms with Gasteiger partial charge in [-0.3, -0.25) is 4.79 Å². The molecule has 0 aromatic heterocycles. The third kappa shape index (κ3) is 4.87. The topological polar surface area (TPSA) is 76.2 Å². The molecule has 0 N–H and O–H groups in total. The fraction of sp³-hybridized carbons (Fsp3) is 0.316. The Kier molecular flexibility index (Phi) is 7.25. The maximum absolute atomic E-state index is 13.0. The molecule has 0 saturated carbocycles. The molecule has 0 atom stereocenters. The molecule has 0 radical (unpaired) electrons. The molecule has 2 aromatic carbocycles. The van der Waals surface area contributed by atoms with Gasteiger partial charge >= 0.3 is 6.61 Å². The molecule has 0 bridgehead atoms.